The molecule has 1 aromatic heterocycles. The first-order valence-electron chi connectivity index (χ1n) is 2.79. The Kier molecular flexibility index (Phi) is 1.78. The molecule has 0 aliphatic rings. The molecule has 3 N–H and O–H groups in total. The minimum absolute atomic E-state index is 0.0637. The molecule has 0 aromatic carbocycles. The predicted molar refractivity (Wildman–Crippen MR) is 38.4 cm³/mol. The summed E-state index contributed by atoms with van der Waals surface area (Å²) in [4.78, 5) is 2.84. The molecule has 0 saturated carbocycles. The Labute approximate surface area is 59.0 Å². The van der Waals surface area contributed by atoms with Gasteiger partial charge in [0.1, 0.15) is 5.15 Å². The molecule has 3 heteroatoms. The van der Waals surface area contributed by atoms with Crippen molar-refractivity contribution in [3.8, 4) is 0 Å². The van der Waals surface area contributed by atoms with E-state index in [4.69, 9.17) is 17.3 Å². The first kappa shape index (κ1) is 6.65. The minimum Gasteiger partial charge on any atom is -0.352 e. The summed E-state index contributed by atoms with van der Waals surface area (Å²) < 4.78 is 0. The molecule has 2 nitrogen and oxygen atoms in total. The molecule has 1 heterocycles. The lowest BCUT2D eigenvalue weighted by Crippen LogP contribution is -2.02. The fourth-order valence-corrected chi connectivity index (χ4v) is 0.825. The maximum absolute atomic E-state index is 5.59. The topological polar surface area (TPSA) is 41.8 Å². The third kappa shape index (κ3) is 1.47. The highest BCUT2D eigenvalue weighted by Gasteiger charge is 1.99. The molecule has 9 heavy (non-hydrogen) atoms. The summed E-state index contributed by atoms with van der Waals surface area (Å²) >= 11 is 5.59. The number of aromatic amines is 1. The maximum atomic E-state index is 5.59. The summed E-state index contributed by atoms with van der Waals surface area (Å²) in [6.45, 7) is 1.92. The number of aromatic nitrogens is 1. The van der Waals surface area contributed by atoms with Crippen LogP contribution in [0.15, 0.2) is 12.3 Å². The zero-order valence-electron chi connectivity index (χ0n) is 5.19. The van der Waals surface area contributed by atoms with Crippen molar-refractivity contribution in [1.82, 2.24) is 4.98 Å². The van der Waals surface area contributed by atoms with E-state index in [2.05, 4.69) is 4.98 Å². The van der Waals surface area contributed by atoms with Crippen LogP contribution >= 0.6 is 11.6 Å². The van der Waals surface area contributed by atoms with Gasteiger partial charge >= 0.3 is 0 Å². The lowest BCUT2D eigenvalue weighted by molar-refractivity contribution is 0.820. The Morgan fingerprint density at radius 1 is 1.78 bits per heavy atom. The molecule has 1 aromatic rings. The Hall–Kier alpha value is -0.470. The molecule has 0 amide bonds. The van der Waals surface area contributed by atoms with Crippen LogP contribution in [0.1, 0.15) is 18.5 Å². The van der Waals surface area contributed by atoms with Crippen molar-refractivity contribution in [2.75, 3.05) is 0 Å². The minimum atomic E-state index is 0.0637. The van der Waals surface area contributed by atoms with Gasteiger partial charge in [0.15, 0.2) is 0 Å². The van der Waals surface area contributed by atoms with Gasteiger partial charge in [0.2, 0.25) is 0 Å². The van der Waals surface area contributed by atoms with Gasteiger partial charge in [-0.1, -0.05) is 11.6 Å². The molecule has 0 radical (unpaired) electrons. The van der Waals surface area contributed by atoms with E-state index in [1.165, 1.54) is 0 Å². The second kappa shape index (κ2) is 2.42. The Morgan fingerprint density at radius 2 is 2.44 bits per heavy atom. The van der Waals surface area contributed by atoms with Crippen molar-refractivity contribution < 1.29 is 0 Å². The zero-order valence-corrected chi connectivity index (χ0v) is 5.94. The smallest absolute Gasteiger partial charge is 0.106 e. The van der Waals surface area contributed by atoms with Gasteiger partial charge in [0.25, 0.3) is 0 Å². The standard InChI is InChI=1S/C6H9ClN2/c1-4(8)5-2-6(7)9-3-5/h2-4,9H,8H2,1H3. The molecule has 1 unspecified atom stereocenters. The highest BCUT2D eigenvalue weighted by atomic mass is 35.5. The van der Waals surface area contributed by atoms with Crippen LogP contribution in [-0.4, -0.2) is 4.98 Å². The average Bonchev–Trinajstić information content (AvgIpc) is 2.14. The molecule has 1 atom stereocenters. The van der Waals surface area contributed by atoms with Gasteiger partial charge in [-0.3, -0.25) is 0 Å². The van der Waals surface area contributed by atoms with E-state index in [1.54, 1.807) is 0 Å². The summed E-state index contributed by atoms with van der Waals surface area (Å²) in [5, 5.41) is 0.641. The van der Waals surface area contributed by atoms with E-state index in [0.717, 1.165) is 5.56 Å². The van der Waals surface area contributed by atoms with Gasteiger partial charge in [0.05, 0.1) is 0 Å². The number of rotatable bonds is 1. The third-order valence-corrected chi connectivity index (χ3v) is 1.41. The van der Waals surface area contributed by atoms with Gasteiger partial charge in [0, 0.05) is 12.2 Å². The number of H-pyrrole nitrogens is 1. The number of hydrogen-bond acceptors (Lipinski definition) is 1. The Bertz CT molecular complexity index is 193. The Morgan fingerprint density at radius 3 is 2.67 bits per heavy atom. The first-order chi connectivity index (χ1) is 4.20. The number of nitrogens with two attached hydrogens (primary N) is 1. The molecule has 0 bridgehead atoms. The summed E-state index contributed by atoms with van der Waals surface area (Å²) in [6, 6.07) is 1.89. The highest BCUT2D eigenvalue weighted by molar-refractivity contribution is 6.29. The average molecular weight is 145 g/mol. The van der Waals surface area contributed by atoms with E-state index in [1.807, 2.05) is 19.2 Å². The lowest BCUT2D eigenvalue weighted by Gasteiger charge is -1.96. The summed E-state index contributed by atoms with van der Waals surface area (Å²) in [5.41, 5.74) is 6.59. The SMILES string of the molecule is CC(N)c1c[nH]c(Cl)c1. The van der Waals surface area contributed by atoms with Crippen LogP contribution in [0.25, 0.3) is 0 Å². The Balaban J connectivity index is 2.85. The summed E-state index contributed by atoms with van der Waals surface area (Å²) in [6.07, 6.45) is 1.81. The van der Waals surface area contributed by atoms with Crippen molar-refractivity contribution >= 4 is 11.6 Å². The quantitative estimate of drug-likeness (QED) is 0.619. The van der Waals surface area contributed by atoms with E-state index >= 15 is 0 Å². The van der Waals surface area contributed by atoms with Crippen molar-refractivity contribution in [3.05, 3.63) is 23.0 Å². The second-order valence-corrected chi connectivity index (χ2v) is 2.48. The number of hydrogen-bond donors (Lipinski definition) is 2. The summed E-state index contributed by atoms with van der Waals surface area (Å²) in [7, 11) is 0. The van der Waals surface area contributed by atoms with Crippen LogP contribution in [-0.2, 0) is 0 Å². The van der Waals surface area contributed by atoms with Crippen molar-refractivity contribution in [2.24, 2.45) is 5.73 Å². The largest absolute Gasteiger partial charge is 0.352 e. The molecule has 1 rings (SSSR count). The fourth-order valence-electron chi connectivity index (χ4n) is 0.645. The fraction of sp³-hybridized carbons (Fsp3) is 0.333. The number of halogens is 1. The monoisotopic (exact) mass is 144 g/mol. The lowest BCUT2D eigenvalue weighted by atomic mass is 10.2. The molecule has 50 valence electrons. The molecular weight excluding hydrogens is 136 g/mol. The van der Waals surface area contributed by atoms with Crippen molar-refractivity contribution in [2.45, 2.75) is 13.0 Å². The molecule has 0 saturated heterocycles. The predicted octanol–water partition coefficient (Wildman–Crippen LogP) is 1.69. The van der Waals surface area contributed by atoms with E-state index in [-0.39, 0.29) is 6.04 Å². The van der Waals surface area contributed by atoms with Gasteiger partial charge in [-0.25, -0.2) is 0 Å². The van der Waals surface area contributed by atoms with Gasteiger partial charge in [-0.15, -0.1) is 0 Å². The summed E-state index contributed by atoms with van der Waals surface area (Å²) in [5.74, 6) is 0. The van der Waals surface area contributed by atoms with Crippen LogP contribution in [0.3, 0.4) is 0 Å². The highest BCUT2D eigenvalue weighted by Crippen LogP contribution is 2.13. The van der Waals surface area contributed by atoms with Crippen LogP contribution in [0, 0.1) is 0 Å². The molecule has 0 spiro atoms. The second-order valence-electron chi connectivity index (χ2n) is 2.07. The van der Waals surface area contributed by atoms with Crippen LogP contribution in [0.2, 0.25) is 5.15 Å². The van der Waals surface area contributed by atoms with Crippen molar-refractivity contribution in [1.29, 1.82) is 0 Å². The normalized spacial score (nSPS) is 13.7. The van der Waals surface area contributed by atoms with E-state index < -0.39 is 0 Å². The van der Waals surface area contributed by atoms with Crippen LogP contribution < -0.4 is 5.73 Å². The molecular formula is C6H9ClN2. The molecule has 0 aliphatic carbocycles. The molecule has 0 fully saturated rings. The zero-order chi connectivity index (χ0) is 6.85. The van der Waals surface area contributed by atoms with Crippen LogP contribution in [0.4, 0.5) is 0 Å². The first-order valence-corrected chi connectivity index (χ1v) is 3.17. The number of nitrogens with one attached hydrogen (secondary N) is 1. The third-order valence-electron chi connectivity index (χ3n) is 1.20. The molecule has 0 aliphatic heterocycles. The van der Waals surface area contributed by atoms with Gasteiger partial charge < -0.3 is 10.7 Å². The van der Waals surface area contributed by atoms with E-state index in [9.17, 15) is 0 Å². The maximum Gasteiger partial charge on any atom is 0.106 e. The van der Waals surface area contributed by atoms with E-state index in [0.29, 0.717) is 5.15 Å². The van der Waals surface area contributed by atoms with Crippen molar-refractivity contribution in [3.63, 3.8) is 0 Å². The van der Waals surface area contributed by atoms with Gasteiger partial charge in [-0.2, -0.15) is 0 Å². The van der Waals surface area contributed by atoms with Gasteiger partial charge in [-0.05, 0) is 18.6 Å². The van der Waals surface area contributed by atoms with Crippen LogP contribution in [0.5, 0.6) is 0 Å².